The molecule has 0 bridgehead atoms. The van der Waals surface area contributed by atoms with Crippen LogP contribution in [0.2, 0.25) is 0 Å². The normalized spacial score (nSPS) is 25.8. The Morgan fingerprint density at radius 2 is 2.00 bits per heavy atom. The van der Waals surface area contributed by atoms with Gasteiger partial charge >= 0.3 is 0 Å². The Balaban J connectivity index is 2.10. The van der Waals surface area contributed by atoms with Gasteiger partial charge in [0.25, 0.3) is 0 Å². The van der Waals surface area contributed by atoms with Gasteiger partial charge in [-0.1, -0.05) is 11.8 Å². The first-order valence-corrected chi connectivity index (χ1v) is 5.91. The van der Waals surface area contributed by atoms with E-state index in [0.29, 0.717) is 6.54 Å². The van der Waals surface area contributed by atoms with Crippen LogP contribution in [-0.4, -0.2) is 39.5 Å². The van der Waals surface area contributed by atoms with E-state index >= 15 is 0 Å². The lowest BCUT2D eigenvalue weighted by Crippen LogP contribution is -2.20. The first-order valence-electron chi connectivity index (χ1n) is 5.03. The molecular weight excluding hydrogens is 210 g/mol. The lowest BCUT2D eigenvalue weighted by atomic mass is 10.3. The molecule has 2 atom stereocenters. The SMILES string of the molecule is Cc1cc(C)nc(SC2CNCC2O)n1. The minimum absolute atomic E-state index is 0.172. The lowest BCUT2D eigenvalue weighted by molar-refractivity contribution is 0.201. The highest BCUT2D eigenvalue weighted by atomic mass is 32.2. The van der Waals surface area contributed by atoms with Crippen LogP contribution >= 0.6 is 11.8 Å². The molecule has 5 heteroatoms. The fourth-order valence-electron chi connectivity index (χ4n) is 1.64. The number of aryl methyl sites for hydroxylation is 2. The predicted molar refractivity (Wildman–Crippen MR) is 60.0 cm³/mol. The van der Waals surface area contributed by atoms with Crippen LogP contribution in [0.5, 0.6) is 0 Å². The quantitative estimate of drug-likeness (QED) is 0.719. The molecule has 4 nitrogen and oxygen atoms in total. The van der Waals surface area contributed by atoms with E-state index in [1.165, 1.54) is 0 Å². The number of aromatic nitrogens is 2. The van der Waals surface area contributed by atoms with Crippen molar-refractivity contribution in [2.75, 3.05) is 13.1 Å². The van der Waals surface area contributed by atoms with E-state index in [0.717, 1.165) is 23.1 Å². The van der Waals surface area contributed by atoms with Crippen LogP contribution in [0.3, 0.4) is 0 Å². The Hall–Kier alpha value is -0.650. The third-order valence-electron chi connectivity index (χ3n) is 2.35. The number of rotatable bonds is 2. The largest absolute Gasteiger partial charge is 0.391 e. The standard InChI is InChI=1S/C10H15N3OS/c1-6-3-7(2)13-10(12-6)15-9-5-11-4-8(9)14/h3,8-9,11,14H,4-5H2,1-2H3. The summed E-state index contributed by atoms with van der Waals surface area (Å²) in [6.07, 6.45) is -0.292. The van der Waals surface area contributed by atoms with E-state index in [-0.39, 0.29) is 11.4 Å². The Labute approximate surface area is 93.5 Å². The first kappa shape index (κ1) is 10.9. The molecule has 1 fully saturated rings. The Bertz CT molecular complexity index is 338. The van der Waals surface area contributed by atoms with Gasteiger partial charge in [0.1, 0.15) is 0 Å². The molecule has 15 heavy (non-hydrogen) atoms. The maximum Gasteiger partial charge on any atom is 0.188 e. The molecule has 1 aliphatic heterocycles. The molecular formula is C10H15N3OS. The number of thioether (sulfide) groups is 1. The molecule has 0 aliphatic carbocycles. The second-order valence-corrected chi connectivity index (χ2v) is 5.02. The number of aliphatic hydroxyl groups excluding tert-OH is 1. The van der Waals surface area contributed by atoms with Crippen molar-refractivity contribution in [3.8, 4) is 0 Å². The third kappa shape index (κ3) is 2.68. The van der Waals surface area contributed by atoms with Crippen molar-refractivity contribution in [3.05, 3.63) is 17.5 Å². The fourth-order valence-corrected chi connectivity index (χ4v) is 2.76. The molecule has 0 radical (unpaired) electrons. The van der Waals surface area contributed by atoms with E-state index in [2.05, 4.69) is 15.3 Å². The van der Waals surface area contributed by atoms with Gasteiger partial charge in [-0.15, -0.1) is 0 Å². The van der Waals surface area contributed by atoms with E-state index in [9.17, 15) is 5.11 Å². The van der Waals surface area contributed by atoms with E-state index in [1.807, 2.05) is 19.9 Å². The summed E-state index contributed by atoms with van der Waals surface area (Å²) < 4.78 is 0. The van der Waals surface area contributed by atoms with Crippen LogP contribution < -0.4 is 5.32 Å². The van der Waals surface area contributed by atoms with Gasteiger partial charge in [0.05, 0.1) is 11.4 Å². The minimum atomic E-state index is -0.292. The smallest absolute Gasteiger partial charge is 0.188 e. The van der Waals surface area contributed by atoms with Gasteiger partial charge in [0.2, 0.25) is 0 Å². The lowest BCUT2D eigenvalue weighted by Gasteiger charge is -2.11. The molecule has 2 heterocycles. The molecule has 82 valence electrons. The average Bonchev–Trinajstić information content (AvgIpc) is 2.50. The van der Waals surface area contributed by atoms with Crippen LogP contribution in [-0.2, 0) is 0 Å². The minimum Gasteiger partial charge on any atom is -0.391 e. The Morgan fingerprint density at radius 3 is 2.53 bits per heavy atom. The first-order chi connectivity index (χ1) is 7.15. The van der Waals surface area contributed by atoms with Crippen LogP contribution in [0.1, 0.15) is 11.4 Å². The highest BCUT2D eigenvalue weighted by Gasteiger charge is 2.26. The van der Waals surface area contributed by atoms with Crippen molar-refractivity contribution in [2.45, 2.75) is 30.4 Å². The Kier molecular flexibility index (Phi) is 3.23. The van der Waals surface area contributed by atoms with Gasteiger partial charge < -0.3 is 10.4 Å². The van der Waals surface area contributed by atoms with Crippen molar-refractivity contribution < 1.29 is 5.11 Å². The summed E-state index contributed by atoms with van der Waals surface area (Å²) in [7, 11) is 0. The number of β-amino-alcohol motifs (C(OH)–C–C–N with tert-alkyl or cyclic N) is 1. The van der Waals surface area contributed by atoms with Crippen molar-refractivity contribution in [2.24, 2.45) is 0 Å². The Morgan fingerprint density at radius 1 is 1.33 bits per heavy atom. The molecule has 0 saturated carbocycles. The summed E-state index contributed by atoms with van der Waals surface area (Å²) in [5.74, 6) is 0. The molecule has 1 aliphatic rings. The maximum atomic E-state index is 9.65. The van der Waals surface area contributed by atoms with E-state index < -0.39 is 0 Å². The molecule has 2 N–H and O–H groups in total. The molecule has 2 rings (SSSR count). The molecule has 2 unspecified atom stereocenters. The van der Waals surface area contributed by atoms with Crippen molar-refractivity contribution in [1.82, 2.24) is 15.3 Å². The summed E-state index contributed by atoms with van der Waals surface area (Å²) in [6, 6.07) is 1.95. The van der Waals surface area contributed by atoms with Crippen LogP contribution in [0, 0.1) is 13.8 Å². The molecule has 0 amide bonds. The van der Waals surface area contributed by atoms with Gasteiger partial charge in [-0.3, -0.25) is 0 Å². The summed E-state index contributed by atoms with van der Waals surface area (Å²) in [5.41, 5.74) is 1.95. The maximum absolute atomic E-state index is 9.65. The number of hydrogen-bond donors (Lipinski definition) is 2. The fraction of sp³-hybridized carbons (Fsp3) is 0.600. The van der Waals surface area contributed by atoms with Gasteiger partial charge in [-0.25, -0.2) is 9.97 Å². The second kappa shape index (κ2) is 4.47. The highest BCUT2D eigenvalue weighted by Crippen LogP contribution is 2.24. The van der Waals surface area contributed by atoms with Crippen molar-refractivity contribution in [1.29, 1.82) is 0 Å². The molecule has 0 spiro atoms. The predicted octanol–water partition coefficient (Wildman–Crippen LogP) is 0.518. The summed E-state index contributed by atoms with van der Waals surface area (Å²) in [5, 5.41) is 13.7. The number of hydrogen-bond acceptors (Lipinski definition) is 5. The number of aliphatic hydroxyl groups is 1. The van der Waals surface area contributed by atoms with Crippen LogP contribution in [0.4, 0.5) is 0 Å². The second-order valence-electron chi connectivity index (χ2n) is 3.82. The van der Waals surface area contributed by atoms with Crippen molar-refractivity contribution >= 4 is 11.8 Å². The zero-order chi connectivity index (χ0) is 10.8. The van der Waals surface area contributed by atoms with E-state index in [4.69, 9.17) is 0 Å². The third-order valence-corrected chi connectivity index (χ3v) is 3.52. The van der Waals surface area contributed by atoms with Crippen molar-refractivity contribution in [3.63, 3.8) is 0 Å². The summed E-state index contributed by atoms with van der Waals surface area (Å²) in [4.78, 5) is 8.69. The van der Waals surface area contributed by atoms with Gasteiger partial charge in [-0.2, -0.15) is 0 Å². The van der Waals surface area contributed by atoms with Crippen LogP contribution in [0.15, 0.2) is 11.2 Å². The average molecular weight is 225 g/mol. The monoisotopic (exact) mass is 225 g/mol. The zero-order valence-electron chi connectivity index (χ0n) is 8.90. The molecule has 0 aromatic carbocycles. The van der Waals surface area contributed by atoms with Gasteiger partial charge in [-0.05, 0) is 19.9 Å². The van der Waals surface area contributed by atoms with Gasteiger partial charge in [0, 0.05) is 24.5 Å². The topological polar surface area (TPSA) is 58.0 Å². The van der Waals surface area contributed by atoms with Gasteiger partial charge in [0.15, 0.2) is 5.16 Å². The summed E-state index contributed by atoms with van der Waals surface area (Å²) in [6.45, 7) is 5.41. The molecule has 1 saturated heterocycles. The molecule has 1 aromatic rings. The zero-order valence-corrected chi connectivity index (χ0v) is 9.71. The number of nitrogens with one attached hydrogen (secondary N) is 1. The molecule has 1 aromatic heterocycles. The highest BCUT2D eigenvalue weighted by molar-refractivity contribution is 7.99. The van der Waals surface area contributed by atoms with Crippen LogP contribution in [0.25, 0.3) is 0 Å². The summed E-state index contributed by atoms with van der Waals surface area (Å²) >= 11 is 1.55. The van der Waals surface area contributed by atoms with E-state index in [1.54, 1.807) is 11.8 Å². The number of nitrogens with zero attached hydrogens (tertiary/aromatic N) is 2.